The van der Waals surface area contributed by atoms with E-state index >= 15 is 0 Å². The lowest BCUT2D eigenvalue weighted by atomic mass is 9.81. The average Bonchev–Trinajstić information content (AvgIpc) is 1.89. The fraction of sp³-hybridized carbons (Fsp3) is 1.00. The van der Waals surface area contributed by atoms with Crippen molar-refractivity contribution in [2.45, 2.75) is 50.7 Å². The fourth-order valence-electron chi connectivity index (χ4n) is 1.57. The van der Waals surface area contributed by atoms with E-state index in [9.17, 15) is 10.2 Å². The number of aliphatic hydroxyl groups is 1. The molecule has 1 atom stereocenters. The summed E-state index contributed by atoms with van der Waals surface area (Å²) in [4.78, 5) is 0. The van der Waals surface area contributed by atoms with E-state index in [2.05, 4.69) is 0 Å². The monoisotopic (exact) mass is 143 g/mol. The standard InChI is InChI=1S/C8H15O2/c1-7(9)8(10)5-3-2-4-6-8/h7,10H,2-6H2,1H3. The predicted molar refractivity (Wildman–Crippen MR) is 38.2 cm³/mol. The zero-order valence-electron chi connectivity index (χ0n) is 6.47. The molecule has 1 unspecified atom stereocenters. The van der Waals surface area contributed by atoms with Crippen LogP contribution in [-0.4, -0.2) is 16.8 Å². The molecule has 2 nitrogen and oxygen atoms in total. The average molecular weight is 143 g/mol. The molecule has 0 aliphatic heterocycles. The molecule has 1 radical (unpaired) electrons. The van der Waals surface area contributed by atoms with Gasteiger partial charge in [0.15, 0.2) is 0 Å². The third-order valence-electron chi connectivity index (χ3n) is 2.48. The summed E-state index contributed by atoms with van der Waals surface area (Å²) in [7, 11) is 0. The van der Waals surface area contributed by atoms with Crippen molar-refractivity contribution in [1.82, 2.24) is 0 Å². The van der Waals surface area contributed by atoms with Crippen LogP contribution < -0.4 is 0 Å². The highest BCUT2D eigenvalue weighted by Crippen LogP contribution is 2.30. The highest BCUT2D eigenvalue weighted by atomic mass is 16.3. The van der Waals surface area contributed by atoms with Crippen LogP contribution in [0.4, 0.5) is 0 Å². The van der Waals surface area contributed by atoms with Gasteiger partial charge in [-0.25, -0.2) is 5.11 Å². The van der Waals surface area contributed by atoms with E-state index in [-0.39, 0.29) is 0 Å². The summed E-state index contributed by atoms with van der Waals surface area (Å²) in [5.74, 6) is 0. The van der Waals surface area contributed by atoms with Crippen LogP contribution in [0.5, 0.6) is 0 Å². The number of hydrogen-bond donors (Lipinski definition) is 1. The van der Waals surface area contributed by atoms with E-state index in [1.807, 2.05) is 0 Å². The molecule has 0 spiro atoms. The van der Waals surface area contributed by atoms with Crippen LogP contribution in [0.15, 0.2) is 0 Å². The van der Waals surface area contributed by atoms with Crippen molar-refractivity contribution in [3.8, 4) is 0 Å². The predicted octanol–water partition coefficient (Wildman–Crippen LogP) is 1.50. The highest BCUT2D eigenvalue weighted by Gasteiger charge is 2.34. The maximum absolute atomic E-state index is 11.0. The van der Waals surface area contributed by atoms with Crippen LogP contribution in [0, 0.1) is 0 Å². The van der Waals surface area contributed by atoms with E-state index in [0.29, 0.717) is 12.8 Å². The van der Waals surface area contributed by atoms with Crippen LogP contribution in [-0.2, 0) is 5.11 Å². The maximum atomic E-state index is 11.0. The van der Waals surface area contributed by atoms with Gasteiger partial charge in [-0.15, -0.1) is 0 Å². The first-order valence-corrected chi connectivity index (χ1v) is 4.03. The smallest absolute Gasteiger partial charge is 0.119 e. The minimum absolute atomic E-state index is 0.706. The summed E-state index contributed by atoms with van der Waals surface area (Å²) in [5, 5.41) is 20.6. The van der Waals surface area contributed by atoms with Gasteiger partial charge in [0.1, 0.15) is 6.10 Å². The van der Waals surface area contributed by atoms with Crippen molar-refractivity contribution in [3.05, 3.63) is 0 Å². The van der Waals surface area contributed by atoms with Crippen molar-refractivity contribution < 1.29 is 10.2 Å². The largest absolute Gasteiger partial charge is 0.387 e. The first-order chi connectivity index (χ1) is 4.65. The molecule has 2 heteroatoms. The van der Waals surface area contributed by atoms with Crippen molar-refractivity contribution in [2.75, 3.05) is 0 Å². The van der Waals surface area contributed by atoms with Gasteiger partial charge < -0.3 is 5.11 Å². The van der Waals surface area contributed by atoms with Gasteiger partial charge in [0.05, 0.1) is 5.60 Å². The molecule has 1 fully saturated rings. The van der Waals surface area contributed by atoms with Crippen molar-refractivity contribution in [3.63, 3.8) is 0 Å². The maximum Gasteiger partial charge on any atom is 0.119 e. The fourth-order valence-corrected chi connectivity index (χ4v) is 1.57. The van der Waals surface area contributed by atoms with Crippen LogP contribution in [0.25, 0.3) is 0 Å². The van der Waals surface area contributed by atoms with Gasteiger partial charge in [0.25, 0.3) is 0 Å². The van der Waals surface area contributed by atoms with Crippen molar-refractivity contribution in [1.29, 1.82) is 0 Å². The zero-order valence-corrected chi connectivity index (χ0v) is 6.47. The van der Waals surface area contributed by atoms with E-state index < -0.39 is 11.7 Å². The van der Waals surface area contributed by atoms with E-state index in [4.69, 9.17) is 0 Å². The van der Waals surface area contributed by atoms with Gasteiger partial charge in [-0.2, -0.15) is 0 Å². The molecule has 59 valence electrons. The van der Waals surface area contributed by atoms with Gasteiger partial charge in [-0.05, 0) is 19.8 Å². The van der Waals surface area contributed by atoms with Crippen molar-refractivity contribution in [2.24, 2.45) is 0 Å². The van der Waals surface area contributed by atoms with Crippen molar-refractivity contribution >= 4 is 0 Å². The second-order valence-corrected chi connectivity index (χ2v) is 3.31. The molecule has 10 heavy (non-hydrogen) atoms. The third-order valence-corrected chi connectivity index (χ3v) is 2.48. The lowest BCUT2D eigenvalue weighted by molar-refractivity contribution is -0.115. The third kappa shape index (κ3) is 1.50. The lowest BCUT2D eigenvalue weighted by Crippen LogP contribution is -2.41. The van der Waals surface area contributed by atoms with E-state index in [1.54, 1.807) is 6.92 Å². The molecule has 0 amide bonds. The van der Waals surface area contributed by atoms with E-state index in [0.717, 1.165) is 12.8 Å². The molecule has 1 saturated carbocycles. The Bertz CT molecular complexity index is 104. The Morgan fingerprint density at radius 3 is 2.10 bits per heavy atom. The minimum atomic E-state index is -0.877. The molecule has 0 aromatic rings. The Morgan fingerprint density at radius 2 is 1.80 bits per heavy atom. The highest BCUT2D eigenvalue weighted by molar-refractivity contribution is 4.86. The zero-order chi connectivity index (χ0) is 7.61. The summed E-state index contributed by atoms with van der Waals surface area (Å²) in [6, 6.07) is 0. The number of hydrogen-bond acceptors (Lipinski definition) is 1. The number of rotatable bonds is 1. The minimum Gasteiger partial charge on any atom is -0.387 e. The molecule has 0 aromatic carbocycles. The van der Waals surface area contributed by atoms with Gasteiger partial charge in [-0.1, -0.05) is 19.3 Å². The SMILES string of the molecule is CC([O])C1(O)CCCCC1. The van der Waals surface area contributed by atoms with Crippen LogP contribution >= 0.6 is 0 Å². The second-order valence-electron chi connectivity index (χ2n) is 3.31. The van der Waals surface area contributed by atoms with Crippen LogP contribution in [0.2, 0.25) is 0 Å². The molecular formula is C8H15O2. The molecule has 1 rings (SSSR count). The quantitative estimate of drug-likeness (QED) is 0.593. The summed E-state index contributed by atoms with van der Waals surface area (Å²) in [6.45, 7) is 1.56. The topological polar surface area (TPSA) is 40.1 Å². The normalized spacial score (nSPS) is 27.9. The molecule has 1 aliphatic carbocycles. The molecule has 0 bridgehead atoms. The van der Waals surface area contributed by atoms with E-state index in [1.165, 1.54) is 6.42 Å². The van der Waals surface area contributed by atoms with Crippen LogP contribution in [0.3, 0.4) is 0 Å². The Morgan fingerprint density at radius 1 is 1.30 bits per heavy atom. The molecule has 0 heterocycles. The van der Waals surface area contributed by atoms with Gasteiger partial charge >= 0.3 is 0 Å². The Kier molecular flexibility index (Phi) is 2.32. The summed E-state index contributed by atoms with van der Waals surface area (Å²) < 4.78 is 0. The summed E-state index contributed by atoms with van der Waals surface area (Å²) in [5.41, 5.74) is -0.877. The first-order valence-electron chi connectivity index (χ1n) is 4.03. The van der Waals surface area contributed by atoms with Crippen LogP contribution in [0.1, 0.15) is 39.0 Å². The molecule has 0 saturated heterocycles. The Hall–Kier alpha value is -0.0800. The molecular weight excluding hydrogens is 128 g/mol. The molecule has 0 aromatic heterocycles. The lowest BCUT2D eigenvalue weighted by Gasteiger charge is -2.33. The second kappa shape index (κ2) is 2.89. The summed E-state index contributed by atoms with van der Waals surface area (Å²) >= 11 is 0. The first kappa shape index (κ1) is 8.02. The molecule has 1 aliphatic rings. The van der Waals surface area contributed by atoms with Gasteiger partial charge in [0.2, 0.25) is 0 Å². The molecule has 1 N–H and O–H groups in total. The van der Waals surface area contributed by atoms with Gasteiger partial charge in [-0.3, -0.25) is 0 Å². The Balaban J connectivity index is 2.48. The Labute approximate surface area is 61.9 Å². The summed E-state index contributed by atoms with van der Waals surface area (Å²) in [6.07, 6.45) is 3.81. The van der Waals surface area contributed by atoms with Gasteiger partial charge in [0, 0.05) is 0 Å².